The molecule has 7 rings (SSSR count). The van der Waals surface area contributed by atoms with Crippen molar-refractivity contribution in [1.82, 2.24) is 9.55 Å². The average molecular weight is 703 g/mol. The lowest BCUT2D eigenvalue weighted by Crippen LogP contribution is -2.33. The summed E-state index contributed by atoms with van der Waals surface area (Å²) in [6, 6.07) is 22.0. The predicted molar refractivity (Wildman–Crippen MR) is 200 cm³/mol. The number of carbonyl (C=O) groups excluding carboxylic acids is 1. The molecule has 1 amide bonds. The topological polar surface area (TPSA) is 147 Å². The zero-order valence-corrected chi connectivity index (χ0v) is 29.0. The van der Waals surface area contributed by atoms with Gasteiger partial charge in [-0.25, -0.2) is 4.98 Å². The van der Waals surface area contributed by atoms with Crippen molar-refractivity contribution < 1.29 is 28.8 Å². The van der Waals surface area contributed by atoms with E-state index >= 15 is 0 Å². The van der Waals surface area contributed by atoms with Crippen LogP contribution in [0.3, 0.4) is 0 Å². The van der Waals surface area contributed by atoms with E-state index < -0.39 is 5.91 Å². The van der Waals surface area contributed by atoms with Gasteiger partial charge in [-0.3, -0.25) is 9.59 Å². The Morgan fingerprint density at radius 3 is 2.37 bits per heavy atom. The molecule has 0 bridgehead atoms. The maximum atomic E-state index is 13.7. The van der Waals surface area contributed by atoms with E-state index in [1.54, 1.807) is 36.7 Å². The van der Waals surface area contributed by atoms with Crippen LogP contribution in [0.25, 0.3) is 33.4 Å². The van der Waals surface area contributed by atoms with Crippen molar-refractivity contribution in [2.75, 3.05) is 50.7 Å². The van der Waals surface area contributed by atoms with Crippen LogP contribution in [0.2, 0.25) is 0 Å². The van der Waals surface area contributed by atoms with E-state index in [4.69, 9.17) is 24.7 Å². The van der Waals surface area contributed by atoms with Gasteiger partial charge in [0.2, 0.25) is 5.43 Å². The van der Waals surface area contributed by atoms with E-state index in [9.17, 15) is 14.7 Å². The van der Waals surface area contributed by atoms with Crippen LogP contribution in [0.15, 0.2) is 96.2 Å². The standard InChI is InChI=1S/C41H42N4O7/c1-26-2-4-29(5-3-26)35-22-45(21-27-12-14-49-15-13-27)23-36(39(35)47)41(48)44-32-9-6-28(7-10-32)34-18-31(20-43-40(34)42)30-8-11-38(37(46)19-30)52-25-33-24-50-16-17-51-33/h2-11,18-20,22-23,27,33,46H,12-17,21,24-25H2,1H3,(H2,42,43)(H,44,48)/t33-/m0/s1. The number of aryl methyl sites for hydroxylation is 1. The number of benzene rings is 3. The summed E-state index contributed by atoms with van der Waals surface area (Å²) in [6.45, 7) is 5.92. The fraction of sp³-hybridized carbons (Fsp3) is 0.293. The molecule has 5 aromatic rings. The van der Waals surface area contributed by atoms with Crippen molar-refractivity contribution in [3.8, 4) is 44.9 Å². The van der Waals surface area contributed by atoms with Crippen molar-refractivity contribution in [1.29, 1.82) is 0 Å². The van der Waals surface area contributed by atoms with Crippen molar-refractivity contribution in [2.24, 2.45) is 5.92 Å². The van der Waals surface area contributed by atoms with E-state index in [0.717, 1.165) is 40.7 Å². The number of hydrogen-bond acceptors (Lipinski definition) is 9. The highest BCUT2D eigenvalue weighted by atomic mass is 16.6. The van der Waals surface area contributed by atoms with Gasteiger partial charge in [-0.1, -0.05) is 48.0 Å². The Bertz CT molecular complexity index is 2080. The van der Waals surface area contributed by atoms with Gasteiger partial charge in [0.1, 0.15) is 24.1 Å². The Kier molecular flexibility index (Phi) is 10.6. The number of nitrogen functional groups attached to an aromatic ring is 1. The fourth-order valence-electron chi connectivity index (χ4n) is 6.49. The number of ether oxygens (including phenoxy) is 4. The molecule has 0 radical (unpaired) electrons. The molecule has 4 heterocycles. The number of aromatic hydroxyl groups is 1. The van der Waals surface area contributed by atoms with Gasteiger partial charge in [0.25, 0.3) is 5.91 Å². The molecular weight excluding hydrogens is 660 g/mol. The zero-order valence-electron chi connectivity index (χ0n) is 29.0. The van der Waals surface area contributed by atoms with E-state index in [-0.39, 0.29) is 29.5 Å². The molecule has 4 N–H and O–H groups in total. The smallest absolute Gasteiger partial charge is 0.261 e. The Morgan fingerprint density at radius 2 is 1.63 bits per heavy atom. The molecule has 11 nitrogen and oxygen atoms in total. The van der Waals surface area contributed by atoms with E-state index in [2.05, 4.69) is 10.3 Å². The number of nitrogens with zero attached hydrogens (tertiary/aromatic N) is 2. The Morgan fingerprint density at radius 1 is 0.904 bits per heavy atom. The van der Waals surface area contributed by atoms with Gasteiger partial charge >= 0.3 is 0 Å². The number of phenols is 1. The number of nitrogens with one attached hydrogen (secondary N) is 1. The van der Waals surface area contributed by atoms with Crippen molar-refractivity contribution in [2.45, 2.75) is 32.4 Å². The van der Waals surface area contributed by atoms with Crippen LogP contribution in [-0.2, 0) is 20.8 Å². The average Bonchev–Trinajstić information content (AvgIpc) is 3.17. The molecule has 2 saturated heterocycles. The first-order valence-electron chi connectivity index (χ1n) is 17.5. The highest BCUT2D eigenvalue weighted by molar-refractivity contribution is 6.04. The Labute approximate surface area is 302 Å². The quantitative estimate of drug-likeness (QED) is 0.152. The van der Waals surface area contributed by atoms with Crippen LogP contribution in [0.1, 0.15) is 28.8 Å². The number of phenolic OH excluding ortho intramolecular Hbond substituents is 1. The molecule has 1 atom stereocenters. The molecule has 52 heavy (non-hydrogen) atoms. The van der Waals surface area contributed by atoms with Gasteiger partial charge in [0.15, 0.2) is 11.5 Å². The molecule has 0 unspecified atom stereocenters. The fourth-order valence-corrected chi connectivity index (χ4v) is 6.49. The number of amides is 1. The highest BCUT2D eigenvalue weighted by Gasteiger charge is 2.20. The lowest BCUT2D eigenvalue weighted by atomic mass is 9.99. The molecule has 268 valence electrons. The van der Waals surface area contributed by atoms with Gasteiger partial charge in [-0.05, 0) is 72.7 Å². The summed E-state index contributed by atoms with van der Waals surface area (Å²) in [5.74, 6) is 0.582. The third-order valence-electron chi connectivity index (χ3n) is 9.47. The second kappa shape index (κ2) is 15.8. The number of nitrogens with two attached hydrogens (primary N) is 1. The summed E-state index contributed by atoms with van der Waals surface area (Å²) < 4.78 is 24.3. The summed E-state index contributed by atoms with van der Waals surface area (Å²) in [7, 11) is 0. The second-order valence-electron chi connectivity index (χ2n) is 13.3. The number of pyridine rings is 2. The maximum Gasteiger partial charge on any atom is 0.261 e. The molecule has 2 fully saturated rings. The third-order valence-corrected chi connectivity index (χ3v) is 9.47. The predicted octanol–water partition coefficient (Wildman–Crippen LogP) is 6.31. The Hall–Kier alpha value is -5.49. The van der Waals surface area contributed by atoms with Crippen molar-refractivity contribution in [3.05, 3.63) is 113 Å². The van der Waals surface area contributed by atoms with Crippen LogP contribution in [-0.4, -0.2) is 66.3 Å². The molecule has 3 aromatic carbocycles. The normalized spacial score (nSPS) is 16.4. The van der Waals surface area contributed by atoms with Crippen molar-refractivity contribution in [3.63, 3.8) is 0 Å². The number of carbonyl (C=O) groups is 1. The second-order valence-corrected chi connectivity index (χ2v) is 13.3. The first-order valence-corrected chi connectivity index (χ1v) is 17.5. The van der Waals surface area contributed by atoms with Gasteiger partial charge < -0.3 is 39.7 Å². The third kappa shape index (κ3) is 8.18. The van der Waals surface area contributed by atoms with Crippen LogP contribution in [0.4, 0.5) is 11.5 Å². The van der Waals surface area contributed by atoms with Crippen LogP contribution < -0.4 is 21.2 Å². The number of aromatic nitrogens is 2. The summed E-state index contributed by atoms with van der Waals surface area (Å²) in [5, 5.41) is 13.6. The maximum absolute atomic E-state index is 13.7. The molecule has 2 aliphatic heterocycles. The number of hydrogen-bond donors (Lipinski definition) is 3. The summed E-state index contributed by atoms with van der Waals surface area (Å²) in [5.41, 5.74) is 11.9. The van der Waals surface area contributed by atoms with E-state index in [1.807, 2.05) is 66.2 Å². The minimum atomic E-state index is -0.484. The van der Waals surface area contributed by atoms with Gasteiger partial charge in [-0.15, -0.1) is 0 Å². The zero-order chi connectivity index (χ0) is 36.0. The van der Waals surface area contributed by atoms with Gasteiger partial charge in [0, 0.05) is 60.7 Å². The molecule has 0 saturated carbocycles. The largest absolute Gasteiger partial charge is 0.504 e. The molecule has 2 aromatic heterocycles. The molecule has 11 heteroatoms. The molecule has 0 aliphatic carbocycles. The summed E-state index contributed by atoms with van der Waals surface area (Å²) >= 11 is 0. The first kappa shape index (κ1) is 34.9. The summed E-state index contributed by atoms with van der Waals surface area (Å²) in [4.78, 5) is 31.8. The first-order chi connectivity index (χ1) is 25.3. The van der Waals surface area contributed by atoms with E-state index in [0.29, 0.717) is 73.9 Å². The lowest BCUT2D eigenvalue weighted by Gasteiger charge is -2.23. The monoisotopic (exact) mass is 702 g/mol. The SMILES string of the molecule is Cc1ccc(-c2cn(CC3CCOCC3)cc(C(=O)Nc3ccc(-c4cc(-c5ccc(OC[C@@H]6COCCO6)c(O)c5)cnc4N)cc3)c2=O)cc1. The van der Waals surface area contributed by atoms with Crippen molar-refractivity contribution >= 4 is 17.4 Å². The molecule has 2 aliphatic rings. The van der Waals surface area contributed by atoms with Crippen LogP contribution >= 0.6 is 0 Å². The molecular formula is C41H42N4O7. The minimum absolute atomic E-state index is 0.00700. The van der Waals surface area contributed by atoms with Crippen LogP contribution in [0.5, 0.6) is 11.5 Å². The number of rotatable bonds is 10. The Balaban J connectivity index is 1.08. The lowest BCUT2D eigenvalue weighted by molar-refractivity contribution is -0.101. The molecule has 0 spiro atoms. The summed E-state index contributed by atoms with van der Waals surface area (Å²) in [6.07, 6.45) is 6.84. The number of anilines is 2. The van der Waals surface area contributed by atoms with Gasteiger partial charge in [-0.2, -0.15) is 0 Å². The van der Waals surface area contributed by atoms with Gasteiger partial charge in [0.05, 0.1) is 19.8 Å². The highest BCUT2D eigenvalue weighted by Crippen LogP contribution is 2.35. The van der Waals surface area contributed by atoms with Crippen LogP contribution in [0, 0.1) is 12.8 Å². The minimum Gasteiger partial charge on any atom is -0.504 e. The van der Waals surface area contributed by atoms with E-state index in [1.165, 1.54) is 0 Å².